The number of carbonyl (C=O) groups excluding carboxylic acids is 1. The third kappa shape index (κ3) is 3.64. The maximum Gasteiger partial charge on any atom is 0.179 e. The molecule has 0 saturated carbocycles. The van der Waals surface area contributed by atoms with Crippen molar-refractivity contribution >= 4 is 5.78 Å². The number of halogens is 1. The standard InChI is InChI=1S/C16H23FN2O/c1-3-8-18-9-11-19(12-10-18)13(2)16(20)14-4-6-15(17)7-5-14/h4-7,13H,3,8-12H2,1-2H3. The van der Waals surface area contributed by atoms with Crippen LogP contribution in [0.1, 0.15) is 30.6 Å². The van der Waals surface area contributed by atoms with Crippen molar-refractivity contribution in [3.63, 3.8) is 0 Å². The molecule has 1 aliphatic heterocycles. The van der Waals surface area contributed by atoms with Gasteiger partial charge in [0.15, 0.2) is 5.78 Å². The average Bonchev–Trinajstić information content (AvgIpc) is 2.48. The van der Waals surface area contributed by atoms with Crippen LogP contribution in [0, 0.1) is 5.82 Å². The zero-order valence-corrected chi connectivity index (χ0v) is 12.3. The molecule has 1 unspecified atom stereocenters. The topological polar surface area (TPSA) is 23.6 Å². The van der Waals surface area contributed by atoms with E-state index in [1.165, 1.54) is 18.6 Å². The van der Waals surface area contributed by atoms with Crippen LogP contribution in [0.25, 0.3) is 0 Å². The summed E-state index contributed by atoms with van der Waals surface area (Å²) in [6, 6.07) is 5.70. The van der Waals surface area contributed by atoms with E-state index < -0.39 is 0 Å². The third-order valence-electron chi connectivity index (χ3n) is 4.00. The van der Waals surface area contributed by atoms with Crippen molar-refractivity contribution in [2.45, 2.75) is 26.3 Å². The molecule has 1 heterocycles. The average molecular weight is 278 g/mol. The predicted molar refractivity (Wildman–Crippen MR) is 78.5 cm³/mol. The number of Topliss-reactive ketones (excluding diaryl/α,β-unsaturated/α-hetero) is 1. The highest BCUT2D eigenvalue weighted by molar-refractivity contribution is 5.99. The molecule has 0 bridgehead atoms. The van der Waals surface area contributed by atoms with Crippen molar-refractivity contribution < 1.29 is 9.18 Å². The number of rotatable bonds is 5. The Bertz CT molecular complexity index is 438. The van der Waals surface area contributed by atoms with Crippen molar-refractivity contribution in [1.82, 2.24) is 9.80 Å². The van der Waals surface area contributed by atoms with Gasteiger partial charge in [0.05, 0.1) is 6.04 Å². The lowest BCUT2D eigenvalue weighted by Gasteiger charge is -2.37. The minimum absolute atomic E-state index is 0.0777. The number of carbonyl (C=O) groups is 1. The molecule has 1 fully saturated rings. The van der Waals surface area contributed by atoms with Crippen LogP contribution < -0.4 is 0 Å². The molecule has 4 heteroatoms. The van der Waals surface area contributed by atoms with Crippen molar-refractivity contribution in [3.8, 4) is 0 Å². The summed E-state index contributed by atoms with van der Waals surface area (Å²) in [5.41, 5.74) is 0.592. The summed E-state index contributed by atoms with van der Waals surface area (Å²) in [6.07, 6.45) is 1.17. The van der Waals surface area contributed by atoms with Gasteiger partial charge in [0.25, 0.3) is 0 Å². The van der Waals surface area contributed by atoms with E-state index in [1.54, 1.807) is 12.1 Å². The van der Waals surface area contributed by atoms with E-state index in [2.05, 4.69) is 16.7 Å². The van der Waals surface area contributed by atoms with Gasteiger partial charge in [0.2, 0.25) is 0 Å². The largest absolute Gasteiger partial charge is 0.301 e. The van der Waals surface area contributed by atoms with Gasteiger partial charge in [-0.05, 0) is 44.2 Å². The smallest absolute Gasteiger partial charge is 0.179 e. The third-order valence-corrected chi connectivity index (χ3v) is 4.00. The lowest BCUT2D eigenvalue weighted by Crippen LogP contribution is -2.51. The van der Waals surface area contributed by atoms with E-state index in [-0.39, 0.29) is 17.6 Å². The van der Waals surface area contributed by atoms with Crippen LogP contribution in [-0.2, 0) is 0 Å². The molecule has 0 aliphatic carbocycles. The molecule has 0 aromatic heterocycles. The van der Waals surface area contributed by atoms with Crippen molar-refractivity contribution in [3.05, 3.63) is 35.6 Å². The van der Waals surface area contributed by atoms with Gasteiger partial charge in [0, 0.05) is 31.7 Å². The first-order valence-corrected chi connectivity index (χ1v) is 7.38. The maximum atomic E-state index is 12.9. The Morgan fingerprint density at radius 2 is 1.80 bits per heavy atom. The van der Waals surface area contributed by atoms with Crippen molar-refractivity contribution in [2.24, 2.45) is 0 Å². The second kappa shape index (κ2) is 6.95. The molecule has 0 N–H and O–H groups in total. The van der Waals surface area contributed by atoms with Crippen LogP contribution in [0.2, 0.25) is 0 Å². The molecule has 20 heavy (non-hydrogen) atoms. The summed E-state index contributed by atoms with van der Waals surface area (Å²) < 4.78 is 12.9. The molecular weight excluding hydrogens is 255 g/mol. The number of piperazine rings is 1. The first-order valence-electron chi connectivity index (χ1n) is 7.38. The highest BCUT2D eigenvalue weighted by Gasteiger charge is 2.25. The maximum absolute atomic E-state index is 12.9. The van der Waals surface area contributed by atoms with Gasteiger partial charge in [-0.15, -0.1) is 0 Å². The first-order chi connectivity index (χ1) is 9.61. The molecule has 0 spiro atoms. The highest BCUT2D eigenvalue weighted by Crippen LogP contribution is 2.13. The molecule has 2 rings (SSSR count). The highest BCUT2D eigenvalue weighted by atomic mass is 19.1. The van der Waals surface area contributed by atoms with E-state index in [4.69, 9.17) is 0 Å². The molecule has 0 radical (unpaired) electrons. The normalized spacial score (nSPS) is 18.9. The summed E-state index contributed by atoms with van der Waals surface area (Å²) in [6.45, 7) is 9.16. The van der Waals surface area contributed by atoms with Gasteiger partial charge >= 0.3 is 0 Å². The van der Waals surface area contributed by atoms with Crippen LogP contribution in [0.4, 0.5) is 4.39 Å². The lowest BCUT2D eigenvalue weighted by molar-refractivity contribution is 0.0701. The molecule has 3 nitrogen and oxygen atoms in total. The van der Waals surface area contributed by atoms with Gasteiger partial charge in [-0.2, -0.15) is 0 Å². The van der Waals surface area contributed by atoms with Gasteiger partial charge in [-0.25, -0.2) is 4.39 Å². The first kappa shape index (κ1) is 15.1. The van der Waals surface area contributed by atoms with Gasteiger partial charge in [-0.3, -0.25) is 9.69 Å². The molecular formula is C16H23FN2O. The van der Waals surface area contributed by atoms with E-state index in [0.717, 1.165) is 32.7 Å². The zero-order chi connectivity index (χ0) is 14.5. The number of hydrogen-bond acceptors (Lipinski definition) is 3. The summed E-state index contributed by atoms with van der Waals surface area (Å²) in [7, 11) is 0. The Labute approximate surface area is 120 Å². The Morgan fingerprint density at radius 3 is 2.35 bits per heavy atom. The summed E-state index contributed by atoms with van der Waals surface area (Å²) in [4.78, 5) is 17.0. The second-order valence-corrected chi connectivity index (χ2v) is 5.42. The summed E-state index contributed by atoms with van der Waals surface area (Å²) in [5.74, 6) is -0.226. The quantitative estimate of drug-likeness (QED) is 0.773. The lowest BCUT2D eigenvalue weighted by atomic mass is 10.0. The van der Waals surface area contributed by atoms with Crippen LogP contribution in [0.15, 0.2) is 24.3 Å². The molecule has 1 aliphatic rings. The number of hydrogen-bond donors (Lipinski definition) is 0. The molecule has 110 valence electrons. The second-order valence-electron chi connectivity index (χ2n) is 5.42. The number of ketones is 1. The fourth-order valence-electron chi connectivity index (χ4n) is 2.71. The molecule has 1 atom stereocenters. The van der Waals surface area contributed by atoms with E-state index in [9.17, 15) is 9.18 Å². The number of nitrogens with zero attached hydrogens (tertiary/aromatic N) is 2. The Hall–Kier alpha value is -1.26. The Kier molecular flexibility index (Phi) is 5.26. The SMILES string of the molecule is CCCN1CCN(C(C)C(=O)c2ccc(F)cc2)CC1. The van der Waals surface area contributed by atoms with Crippen LogP contribution >= 0.6 is 0 Å². The fourth-order valence-corrected chi connectivity index (χ4v) is 2.71. The van der Waals surface area contributed by atoms with Gasteiger partial charge in [0.1, 0.15) is 5.82 Å². The summed E-state index contributed by atoms with van der Waals surface area (Å²) >= 11 is 0. The predicted octanol–water partition coefficient (Wildman–Crippen LogP) is 2.42. The molecule has 1 saturated heterocycles. The zero-order valence-electron chi connectivity index (χ0n) is 12.3. The van der Waals surface area contributed by atoms with Gasteiger partial charge < -0.3 is 4.90 Å². The summed E-state index contributed by atoms with van der Waals surface area (Å²) in [5, 5.41) is 0. The van der Waals surface area contributed by atoms with Crippen molar-refractivity contribution in [1.29, 1.82) is 0 Å². The van der Waals surface area contributed by atoms with Crippen LogP contribution in [-0.4, -0.2) is 54.3 Å². The fraction of sp³-hybridized carbons (Fsp3) is 0.562. The van der Waals surface area contributed by atoms with E-state index >= 15 is 0 Å². The van der Waals surface area contributed by atoms with E-state index in [1.807, 2.05) is 6.92 Å². The molecule has 0 amide bonds. The van der Waals surface area contributed by atoms with Gasteiger partial charge in [-0.1, -0.05) is 6.92 Å². The van der Waals surface area contributed by atoms with Crippen LogP contribution in [0.5, 0.6) is 0 Å². The van der Waals surface area contributed by atoms with Crippen molar-refractivity contribution in [2.75, 3.05) is 32.7 Å². The van der Waals surface area contributed by atoms with E-state index in [0.29, 0.717) is 5.56 Å². The minimum Gasteiger partial charge on any atom is -0.301 e. The molecule has 1 aromatic carbocycles. The minimum atomic E-state index is -0.303. The Balaban J connectivity index is 1.93. The monoisotopic (exact) mass is 278 g/mol. The van der Waals surface area contributed by atoms with Crippen LogP contribution in [0.3, 0.4) is 0 Å². The Morgan fingerprint density at radius 1 is 1.20 bits per heavy atom. The number of benzene rings is 1. The molecule has 1 aromatic rings.